The van der Waals surface area contributed by atoms with E-state index in [1.54, 1.807) is 4.90 Å². The van der Waals surface area contributed by atoms with E-state index in [1.165, 1.54) is 5.56 Å². The Morgan fingerprint density at radius 1 is 0.968 bits per heavy atom. The standard InChI is InChI=1S/C25H24N4O2/c1-18-8-10-20(11-9-18)29-25(27-12-3-4-13-27)22-15-28(16-23(22)26-29)24(30)17-31-21-7-5-6-19(2)14-21/h3-14H,15-17H2,1-2H3. The zero-order valence-electron chi connectivity index (χ0n) is 17.7. The molecule has 0 radical (unpaired) electrons. The van der Waals surface area contributed by atoms with Gasteiger partial charge in [-0.15, -0.1) is 0 Å². The quantitative estimate of drug-likeness (QED) is 0.494. The van der Waals surface area contributed by atoms with Crippen molar-refractivity contribution in [1.82, 2.24) is 19.2 Å². The Kier molecular flexibility index (Phi) is 4.82. The Balaban J connectivity index is 1.39. The molecule has 0 saturated carbocycles. The van der Waals surface area contributed by atoms with Gasteiger partial charge >= 0.3 is 0 Å². The highest BCUT2D eigenvalue weighted by atomic mass is 16.5. The number of hydrogen-bond donors (Lipinski definition) is 0. The van der Waals surface area contributed by atoms with E-state index in [0.29, 0.717) is 18.8 Å². The minimum atomic E-state index is -0.0418. The van der Waals surface area contributed by atoms with E-state index < -0.39 is 0 Å². The molecule has 31 heavy (non-hydrogen) atoms. The molecule has 1 aliphatic heterocycles. The summed E-state index contributed by atoms with van der Waals surface area (Å²) in [6, 6.07) is 20.0. The molecule has 6 nitrogen and oxygen atoms in total. The minimum absolute atomic E-state index is 0.0184. The number of rotatable bonds is 5. The fourth-order valence-electron chi connectivity index (χ4n) is 3.93. The van der Waals surface area contributed by atoms with Crippen LogP contribution in [0.2, 0.25) is 0 Å². The largest absolute Gasteiger partial charge is 0.484 e. The van der Waals surface area contributed by atoms with Crippen molar-refractivity contribution in [2.75, 3.05) is 6.61 Å². The molecule has 6 heteroatoms. The van der Waals surface area contributed by atoms with Crippen molar-refractivity contribution in [1.29, 1.82) is 0 Å². The molecule has 2 aromatic heterocycles. The number of amides is 1. The Morgan fingerprint density at radius 3 is 2.48 bits per heavy atom. The maximum atomic E-state index is 12.8. The lowest BCUT2D eigenvalue weighted by Gasteiger charge is -2.18. The van der Waals surface area contributed by atoms with Gasteiger partial charge in [0.15, 0.2) is 6.61 Å². The first kappa shape index (κ1) is 19.2. The van der Waals surface area contributed by atoms with Gasteiger partial charge in [0.1, 0.15) is 11.6 Å². The molecule has 1 amide bonds. The third kappa shape index (κ3) is 3.72. The molecule has 0 saturated heterocycles. The first-order chi connectivity index (χ1) is 15.1. The molecule has 1 aliphatic rings. The maximum absolute atomic E-state index is 12.8. The fourth-order valence-corrected chi connectivity index (χ4v) is 3.93. The van der Waals surface area contributed by atoms with Crippen molar-refractivity contribution < 1.29 is 9.53 Å². The summed E-state index contributed by atoms with van der Waals surface area (Å²) in [7, 11) is 0. The van der Waals surface area contributed by atoms with E-state index in [9.17, 15) is 4.79 Å². The highest BCUT2D eigenvalue weighted by Crippen LogP contribution is 2.30. The number of aryl methyl sites for hydroxylation is 2. The number of carbonyl (C=O) groups excluding carboxylic acids is 1. The molecule has 156 valence electrons. The normalized spacial score (nSPS) is 12.8. The van der Waals surface area contributed by atoms with Gasteiger partial charge in [0, 0.05) is 18.0 Å². The van der Waals surface area contributed by atoms with E-state index in [4.69, 9.17) is 9.84 Å². The fraction of sp³-hybridized carbons (Fsp3) is 0.200. The second kappa shape index (κ2) is 7.80. The predicted octanol–water partition coefficient (Wildman–Crippen LogP) is 4.20. The van der Waals surface area contributed by atoms with Crippen LogP contribution in [-0.4, -0.2) is 31.8 Å². The lowest BCUT2D eigenvalue weighted by Crippen LogP contribution is -2.31. The van der Waals surface area contributed by atoms with Gasteiger partial charge in [-0.2, -0.15) is 5.10 Å². The Bertz CT molecular complexity index is 1220. The van der Waals surface area contributed by atoms with Gasteiger partial charge in [-0.05, 0) is 55.8 Å². The van der Waals surface area contributed by atoms with E-state index in [-0.39, 0.29) is 12.5 Å². The molecule has 4 aromatic rings. The van der Waals surface area contributed by atoms with E-state index in [1.807, 2.05) is 60.4 Å². The van der Waals surface area contributed by atoms with Gasteiger partial charge < -0.3 is 14.2 Å². The number of carbonyl (C=O) groups is 1. The summed E-state index contributed by atoms with van der Waals surface area (Å²) in [5.74, 6) is 1.64. The third-order valence-corrected chi connectivity index (χ3v) is 5.56. The van der Waals surface area contributed by atoms with Gasteiger partial charge in [0.25, 0.3) is 5.91 Å². The number of aromatic nitrogens is 3. The van der Waals surface area contributed by atoms with Crippen LogP contribution in [0.4, 0.5) is 0 Å². The van der Waals surface area contributed by atoms with Crippen LogP contribution < -0.4 is 4.74 Å². The van der Waals surface area contributed by atoms with Gasteiger partial charge in [-0.1, -0.05) is 29.8 Å². The number of fused-ring (bicyclic) bond motifs is 1. The number of hydrogen-bond acceptors (Lipinski definition) is 3. The molecule has 5 rings (SSSR count). The van der Waals surface area contributed by atoms with Crippen LogP contribution in [-0.2, 0) is 17.9 Å². The molecule has 3 heterocycles. The van der Waals surface area contributed by atoms with Crippen LogP contribution in [0.1, 0.15) is 22.4 Å². The maximum Gasteiger partial charge on any atom is 0.261 e. The molecule has 0 aliphatic carbocycles. The molecule has 0 bridgehead atoms. The SMILES string of the molecule is Cc1ccc(-n2nc3c(c2-n2cccc2)CN(C(=O)COc2cccc(C)c2)C3)cc1. The lowest BCUT2D eigenvalue weighted by atomic mass is 10.2. The molecule has 2 aromatic carbocycles. The Hall–Kier alpha value is -3.80. The predicted molar refractivity (Wildman–Crippen MR) is 119 cm³/mol. The molecule has 0 unspecified atom stereocenters. The molecule has 0 fully saturated rings. The summed E-state index contributed by atoms with van der Waals surface area (Å²) < 4.78 is 9.75. The van der Waals surface area contributed by atoms with Crippen LogP contribution in [0.25, 0.3) is 11.5 Å². The first-order valence-corrected chi connectivity index (χ1v) is 10.4. The van der Waals surface area contributed by atoms with Gasteiger partial charge in [0.2, 0.25) is 0 Å². The van der Waals surface area contributed by atoms with E-state index in [2.05, 4.69) is 35.8 Å². The second-order valence-electron chi connectivity index (χ2n) is 7.94. The number of ether oxygens (including phenoxy) is 1. The summed E-state index contributed by atoms with van der Waals surface area (Å²) in [4.78, 5) is 14.6. The Labute approximate surface area is 181 Å². The summed E-state index contributed by atoms with van der Waals surface area (Å²) in [6.45, 7) is 5.10. The molecular formula is C25H24N4O2. The van der Waals surface area contributed by atoms with Crippen LogP contribution in [0.5, 0.6) is 5.75 Å². The molecule has 0 atom stereocenters. The van der Waals surface area contributed by atoms with Crippen molar-refractivity contribution in [2.24, 2.45) is 0 Å². The summed E-state index contributed by atoms with van der Waals surface area (Å²) in [5.41, 5.74) is 5.31. The van der Waals surface area contributed by atoms with Crippen molar-refractivity contribution in [2.45, 2.75) is 26.9 Å². The van der Waals surface area contributed by atoms with Gasteiger partial charge in [-0.3, -0.25) is 4.79 Å². The van der Waals surface area contributed by atoms with Gasteiger partial charge in [-0.25, -0.2) is 4.68 Å². The highest BCUT2D eigenvalue weighted by molar-refractivity contribution is 5.78. The van der Waals surface area contributed by atoms with Crippen molar-refractivity contribution in [3.63, 3.8) is 0 Å². The van der Waals surface area contributed by atoms with Crippen molar-refractivity contribution in [3.8, 4) is 17.3 Å². The Morgan fingerprint density at radius 2 is 1.74 bits per heavy atom. The van der Waals surface area contributed by atoms with Crippen LogP contribution >= 0.6 is 0 Å². The van der Waals surface area contributed by atoms with Gasteiger partial charge in [0.05, 0.1) is 24.5 Å². The summed E-state index contributed by atoms with van der Waals surface area (Å²) in [5, 5.41) is 4.87. The van der Waals surface area contributed by atoms with Crippen molar-refractivity contribution in [3.05, 3.63) is 95.4 Å². The summed E-state index contributed by atoms with van der Waals surface area (Å²) in [6.07, 6.45) is 4.01. The molecule has 0 N–H and O–H groups in total. The average Bonchev–Trinajstić information content (AvgIpc) is 3.48. The monoisotopic (exact) mass is 412 g/mol. The lowest BCUT2D eigenvalue weighted by molar-refractivity contribution is -0.134. The van der Waals surface area contributed by atoms with Crippen LogP contribution in [0, 0.1) is 13.8 Å². The zero-order valence-corrected chi connectivity index (χ0v) is 17.7. The molecular weight excluding hydrogens is 388 g/mol. The molecule has 0 spiro atoms. The smallest absolute Gasteiger partial charge is 0.261 e. The van der Waals surface area contributed by atoms with E-state index in [0.717, 1.165) is 28.3 Å². The summed E-state index contributed by atoms with van der Waals surface area (Å²) >= 11 is 0. The first-order valence-electron chi connectivity index (χ1n) is 10.4. The highest BCUT2D eigenvalue weighted by Gasteiger charge is 2.31. The number of benzene rings is 2. The van der Waals surface area contributed by atoms with E-state index >= 15 is 0 Å². The number of nitrogens with zero attached hydrogens (tertiary/aromatic N) is 4. The van der Waals surface area contributed by atoms with Crippen molar-refractivity contribution >= 4 is 5.91 Å². The minimum Gasteiger partial charge on any atom is -0.484 e. The van der Waals surface area contributed by atoms with Crippen LogP contribution in [0.3, 0.4) is 0 Å². The van der Waals surface area contributed by atoms with Crippen LogP contribution in [0.15, 0.2) is 73.1 Å². The second-order valence-corrected chi connectivity index (χ2v) is 7.94. The topological polar surface area (TPSA) is 52.3 Å². The zero-order chi connectivity index (χ0) is 21.4. The average molecular weight is 412 g/mol. The third-order valence-electron chi connectivity index (χ3n) is 5.56.